The van der Waals surface area contributed by atoms with E-state index in [1.807, 2.05) is 0 Å². The van der Waals surface area contributed by atoms with Gasteiger partial charge >= 0.3 is 0 Å². The molecule has 0 fully saturated rings. The number of carbonyl (C=O) groups is 1. The molecule has 1 unspecified atom stereocenters. The molecule has 0 saturated heterocycles. The van der Waals surface area contributed by atoms with Gasteiger partial charge in [0, 0.05) is 7.11 Å². The molecule has 1 atom stereocenters. The Labute approximate surface area is 135 Å². The highest BCUT2D eigenvalue weighted by Gasteiger charge is 2.36. The van der Waals surface area contributed by atoms with E-state index in [1.165, 1.54) is 19.3 Å². The molecule has 0 radical (unpaired) electrons. The summed E-state index contributed by atoms with van der Waals surface area (Å²) in [6, 6.07) is 6.33. The van der Waals surface area contributed by atoms with Crippen molar-refractivity contribution in [2.45, 2.75) is 32.0 Å². The van der Waals surface area contributed by atoms with Crippen molar-refractivity contribution in [2.24, 2.45) is 0 Å². The van der Waals surface area contributed by atoms with Gasteiger partial charge in [0.05, 0.1) is 24.2 Å². The minimum atomic E-state index is -1.09. The van der Waals surface area contributed by atoms with Crippen LogP contribution in [-0.4, -0.2) is 35.5 Å². The van der Waals surface area contributed by atoms with Crippen LogP contribution in [0, 0.1) is 0 Å². The first-order valence-electron chi connectivity index (χ1n) is 7.66. The van der Waals surface area contributed by atoms with Gasteiger partial charge in [-0.1, -0.05) is 25.5 Å². The van der Waals surface area contributed by atoms with Crippen LogP contribution in [0.5, 0.6) is 5.75 Å². The molecule has 1 aliphatic carbocycles. The second kappa shape index (κ2) is 7.44. The Kier molecular flexibility index (Phi) is 5.58. The van der Waals surface area contributed by atoms with Gasteiger partial charge in [-0.15, -0.1) is 0 Å². The van der Waals surface area contributed by atoms with Gasteiger partial charge < -0.3 is 19.7 Å². The number of benzene rings is 1. The van der Waals surface area contributed by atoms with Gasteiger partial charge in [0.2, 0.25) is 0 Å². The number of para-hydroxylation sites is 1. The van der Waals surface area contributed by atoms with Crippen LogP contribution < -0.4 is 0 Å². The Morgan fingerprint density at radius 1 is 1.35 bits per heavy atom. The predicted molar refractivity (Wildman–Crippen MR) is 87.0 cm³/mol. The number of aromatic hydroxyl groups is 1. The second-order valence-electron chi connectivity index (χ2n) is 5.43. The first-order valence-corrected chi connectivity index (χ1v) is 7.66. The number of methoxy groups -OCH3 is 1. The van der Waals surface area contributed by atoms with Crippen LogP contribution in [0.3, 0.4) is 0 Å². The number of ketones is 1. The molecule has 5 nitrogen and oxygen atoms in total. The lowest BCUT2D eigenvalue weighted by Gasteiger charge is -2.31. The van der Waals surface area contributed by atoms with Gasteiger partial charge in [0.25, 0.3) is 0 Å². The fourth-order valence-electron chi connectivity index (χ4n) is 2.40. The third-order valence-electron chi connectivity index (χ3n) is 3.82. The zero-order chi connectivity index (χ0) is 16.9. The van der Waals surface area contributed by atoms with Crippen LogP contribution in [0.2, 0.25) is 0 Å². The molecule has 2 rings (SSSR count). The molecule has 0 amide bonds. The largest absolute Gasteiger partial charge is 0.507 e. The topological polar surface area (TPSA) is 76.0 Å². The van der Waals surface area contributed by atoms with Crippen molar-refractivity contribution in [2.75, 3.05) is 13.7 Å². The molecule has 0 bridgehead atoms. The lowest BCUT2D eigenvalue weighted by atomic mass is 9.92. The number of hydrogen-bond acceptors (Lipinski definition) is 5. The molecule has 2 N–H and O–H groups in total. The lowest BCUT2D eigenvalue weighted by Crippen LogP contribution is -2.38. The van der Waals surface area contributed by atoms with Gasteiger partial charge in [-0.2, -0.15) is 0 Å². The number of allylic oxidation sites excluding steroid dienone is 2. The Balaban J connectivity index is 2.30. The average Bonchev–Trinajstić information content (AvgIpc) is 2.55. The first kappa shape index (κ1) is 17.2. The zero-order valence-electron chi connectivity index (χ0n) is 13.4. The van der Waals surface area contributed by atoms with Gasteiger partial charge in [0.1, 0.15) is 11.5 Å². The van der Waals surface area contributed by atoms with Gasteiger partial charge in [-0.3, -0.25) is 4.79 Å². The molecule has 1 aromatic carbocycles. The van der Waals surface area contributed by atoms with E-state index in [4.69, 9.17) is 9.47 Å². The van der Waals surface area contributed by atoms with Crippen LogP contribution in [-0.2, 0) is 14.3 Å². The van der Waals surface area contributed by atoms with Crippen molar-refractivity contribution in [1.29, 1.82) is 0 Å². The lowest BCUT2D eigenvalue weighted by molar-refractivity contribution is -0.193. The minimum absolute atomic E-state index is 0.0172. The second-order valence-corrected chi connectivity index (χ2v) is 5.43. The SMILES string of the molecule is CCCCOC1(OC)C=CC(=C(O)c2ccccc2O)C(=O)C1. The van der Waals surface area contributed by atoms with E-state index in [2.05, 4.69) is 6.92 Å². The number of hydrogen-bond donors (Lipinski definition) is 2. The summed E-state index contributed by atoms with van der Waals surface area (Å²) in [5.41, 5.74) is 0.357. The maximum atomic E-state index is 12.4. The van der Waals surface area contributed by atoms with Crippen LogP contribution in [0.4, 0.5) is 0 Å². The first-order chi connectivity index (χ1) is 11.0. The number of phenolic OH excluding ortho intramolecular Hbond substituents is 1. The number of Topliss-reactive ketones (excluding diaryl/α,β-unsaturated/α-hetero) is 1. The Morgan fingerprint density at radius 2 is 2.09 bits per heavy atom. The summed E-state index contributed by atoms with van der Waals surface area (Å²) in [4.78, 5) is 12.4. The van der Waals surface area contributed by atoms with E-state index in [1.54, 1.807) is 24.3 Å². The fraction of sp³-hybridized carbons (Fsp3) is 0.389. The number of phenols is 1. The van der Waals surface area contributed by atoms with Crippen molar-refractivity contribution in [3.8, 4) is 5.75 Å². The summed E-state index contributed by atoms with van der Waals surface area (Å²) in [5, 5.41) is 20.1. The smallest absolute Gasteiger partial charge is 0.195 e. The summed E-state index contributed by atoms with van der Waals surface area (Å²) in [6.45, 7) is 2.54. The van der Waals surface area contributed by atoms with E-state index < -0.39 is 5.79 Å². The third-order valence-corrected chi connectivity index (χ3v) is 3.82. The molecule has 124 valence electrons. The highest BCUT2D eigenvalue weighted by molar-refractivity contribution is 6.05. The van der Waals surface area contributed by atoms with Crippen molar-refractivity contribution in [3.63, 3.8) is 0 Å². The monoisotopic (exact) mass is 318 g/mol. The molecule has 1 aliphatic rings. The van der Waals surface area contributed by atoms with Crippen LogP contribution >= 0.6 is 0 Å². The number of aliphatic hydroxyl groups excluding tert-OH is 1. The fourth-order valence-corrected chi connectivity index (χ4v) is 2.40. The Bertz CT molecular complexity index is 632. The van der Waals surface area contributed by atoms with E-state index in [0.717, 1.165) is 12.8 Å². The Morgan fingerprint density at radius 3 is 2.70 bits per heavy atom. The average molecular weight is 318 g/mol. The molecule has 0 saturated carbocycles. The van der Waals surface area contributed by atoms with Gasteiger partial charge in [0.15, 0.2) is 11.6 Å². The summed E-state index contributed by atoms with van der Waals surface area (Å²) < 4.78 is 11.1. The van der Waals surface area contributed by atoms with Crippen molar-refractivity contribution in [1.82, 2.24) is 0 Å². The highest BCUT2D eigenvalue weighted by atomic mass is 16.7. The number of ether oxygens (including phenoxy) is 2. The number of aliphatic hydroxyl groups is 1. The summed E-state index contributed by atoms with van der Waals surface area (Å²) in [7, 11) is 1.49. The van der Waals surface area contributed by atoms with E-state index >= 15 is 0 Å². The number of carbonyl (C=O) groups excluding carboxylic acids is 1. The summed E-state index contributed by atoms with van der Waals surface area (Å²) in [6.07, 6.45) is 4.96. The van der Waals surface area contributed by atoms with Crippen LogP contribution in [0.15, 0.2) is 42.0 Å². The summed E-state index contributed by atoms with van der Waals surface area (Å²) in [5.74, 6) is -1.72. The van der Waals surface area contributed by atoms with E-state index in [0.29, 0.717) is 6.61 Å². The van der Waals surface area contributed by atoms with Crippen LogP contribution in [0.1, 0.15) is 31.7 Å². The minimum Gasteiger partial charge on any atom is -0.507 e. The third kappa shape index (κ3) is 3.81. The van der Waals surface area contributed by atoms with Crippen LogP contribution in [0.25, 0.3) is 5.76 Å². The molecule has 5 heteroatoms. The van der Waals surface area contributed by atoms with Crippen molar-refractivity contribution < 1.29 is 24.5 Å². The number of unbranched alkanes of at least 4 members (excludes halogenated alkanes) is 1. The molecule has 0 aliphatic heterocycles. The Hall–Kier alpha value is -2.11. The molecular weight excluding hydrogens is 296 g/mol. The normalized spacial score (nSPS) is 23.1. The molecule has 0 aromatic heterocycles. The predicted octanol–water partition coefficient (Wildman–Crippen LogP) is 3.35. The molecule has 1 aromatic rings. The highest BCUT2D eigenvalue weighted by Crippen LogP contribution is 2.32. The maximum absolute atomic E-state index is 12.4. The number of rotatable bonds is 6. The standard InChI is InChI=1S/C18H22O5/c1-3-4-11-23-18(22-2)10-9-14(16(20)12-18)17(21)13-7-5-6-8-15(13)19/h5-10,19,21H,3-4,11-12H2,1-2H3. The van der Waals surface area contributed by atoms with Gasteiger partial charge in [-0.25, -0.2) is 0 Å². The van der Waals surface area contributed by atoms with Gasteiger partial charge in [-0.05, 0) is 30.7 Å². The van der Waals surface area contributed by atoms with Crippen molar-refractivity contribution >= 4 is 11.5 Å². The summed E-state index contributed by atoms with van der Waals surface area (Å²) >= 11 is 0. The van der Waals surface area contributed by atoms with E-state index in [9.17, 15) is 15.0 Å². The quantitative estimate of drug-likeness (QED) is 0.364. The molecule has 0 spiro atoms. The zero-order valence-corrected chi connectivity index (χ0v) is 13.4. The molecule has 23 heavy (non-hydrogen) atoms. The maximum Gasteiger partial charge on any atom is 0.195 e. The molecule has 0 heterocycles. The molecular formula is C18H22O5. The van der Waals surface area contributed by atoms with E-state index in [-0.39, 0.29) is 34.8 Å². The van der Waals surface area contributed by atoms with Crippen molar-refractivity contribution in [3.05, 3.63) is 47.6 Å².